The second-order valence-corrected chi connectivity index (χ2v) is 5.92. The molecular weight excluding hydrogens is 226 g/mol. The van der Waals surface area contributed by atoms with Gasteiger partial charge in [-0.05, 0) is 32.1 Å². The summed E-state index contributed by atoms with van der Waals surface area (Å²) >= 11 is 0. The first-order chi connectivity index (χ1) is 7.55. The predicted octanol–water partition coefficient (Wildman–Crippen LogP) is 1.73. The molecule has 0 spiro atoms. The zero-order valence-corrected chi connectivity index (χ0v) is 10.5. The van der Waals surface area contributed by atoms with E-state index in [1.54, 1.807) is 6.92 Å². The van der Waals surface area contributed by atoms with Crippen LogP contribution in [0.4, 0.5) is 0 Å². The molecule has 0 aliphatic heterocycles. The fourth-order valence-corrected chi connectivity index (χ4v) is 2.80. The van der Waals surface area contributed by atoms with Crippen molar-refractivity contribution < 1.29 is 13.2 Å². The van der Waals surface area contributed by atoms with E-state index >= 15 is 0 Å². The molecule has 0 aromatic heterocycles. The van der Waals surface area contributed by atoms with Crippen LogP contribution < -0.4 is 4.72 Å². The molecule has 0 fully saturated rings. The minimum atomic E-state index is -3.43. The number of nitrogens with one attached hydrogen (secondary N) is 1. The lowest BCUT2D eigenvalue weighted by atomic mass is 10.1. The summed E-state index contributed by atoms with van der Waals surface area (Å²) in [6.45, 7) is 1.77. The predicted molar refractivity (Wildman–Crippen MR) is 63.4 cm³/mol. The molecule has 16 heavy (non-hydrogen) atoms. The Morgan fingerprint density at radius 2 is 2.12 bits per heavy atom. The Balaban J connectivity index is 2.60. The standard InChI is InChI=1S/C11H19NO3S/c1-2-9-16(14,15)12-11(13)10-7-5-3-4-6-8-10/h7H,2-6,8-9H2,1H3,(H,12,13). The molecular formula is C11H19NO3S. The zero-order chi connectivity index (χ0) is 12.0. The Kier molecular flexibility index (Phi) is 4.99. The minimum Gasteiger partial charge on any atom is -0.269 e. The van der Waals surface area contributed by atoms with E-state index in [2.05, 4.69) is 4.72 Å². The highest BCUT2D eigenvalue weighted by molar-refractivity contribution is 7.90. The van der Waals surface area contributed by atoms with Crippen molar-refractivity contribution in [2.75, 3.05) is 5.75 Å². The van der Waals surface area contributed by atoms with Crippen molar-refractivity contribution in [3.05, 3.63) is 11.6 Å². The van der Waals surface area contributed by atoms with Gasteiger partial charge < -0.3 is 0 Å². The van der Waals surface area contributed by atoms with E-state index in [4.69, 9.17) is 0 Å². The number of sulfonamides is 1. The molecule has 0 heterocycles. The smallest absolute Gasteiger partial charge is 0.260 e. The molecule has 0 saturated heterocycles. The molecule has 1 N–H and O–H groups in total. The van der Waals surface area contributed by atoms with Gasteiger partial charge in [-0.3, -0.25) is 4.79 Å². The van der Waals surface area contributed by atoms with E-state index in [0.717, 1.165) is 25.7 Å². The molecule has 1 rings (SSSR count). The molecule has 1 amide bonds. The van der Waals surface area contributed by atoms with Gasteiger partial charge in [0.1, 0.15) is 0 Å². The number of carbonyl (C=O) groups excluding carboxylic acids is 1. The SMILES string of the molecule is CCCS(=O)(=O)NC(=O)C1=CCCCCC1. The van der Waals surface area contributed by atoms with Gasteiger partial charge in [0.25, 0.3) is 5.91 Å². The number of hydrogen-bond donors (Lipinski definition) is 1. The lowest BCUT2D eigenvalue weighted by Gasteiger charge is -2.07. The summed E-state index contributed by atoms with van der Waals surface area (Å²) in [5.41, 5.74) is 0.622. The first-order valence-corrected chi connectivity index (χ1v) is 7.44. The van der Waals surface area contributed by atoms with Gasteiger partial charge >= 0.3 is 0 Å². The molecule has 0 radical (unpaired) electrons. The number of carbonyl (C=O) groups is 1. The lowest BCUT2D eigenvalue weighted by molar-refractivity contribution is -0.116. The maximum Gasteiger partial charge on any atom is 0.260 e. The van der Waals surface area contributed by atoms with Crippen LogP contribution >= 0.6 is 0 Å². The number of rotatable bonds is 4. The summed E-state index contributed by atoms with van der Waals surface area (Å²) in [6.07, 6.45) is 7.09. The van der Waals surface area contributed by atoms with Crippen molar-refractivity contribution in [3.63, 3.8) is 0 Å². The van der Waals surface area contributed by atoms with Crippen LogP contribution in [0.5, 0.6) is 0 Å². The van der Waals surface area contributed by atoms with E-state index in [-0.39, 0.29) is 5.75 Å². The molecule has 0 saturated carbocycles. The van der Waals surface area contributed by atoms with Crippen LogP contribution in [0.15, 0.2) is 11.6 Å². The van der Waals surface area contributed by atoms with Crippen molar-refractivity contribution >= 4 is 15.9 Å². The second kappa shape index (κ2) is 6.03. The molecule has 0 atom stereocenters. The topological polar surface area (TPSA) is 63.2 Å². The summed E-state index contributed by atoms with van der Waals surface area (Å²) in [4.78, 5) is 11.7. The molecule has 0 aromatic carbocycles. The average Bonchev–Trinajstić information content (AvgIpc) is 2.44. The molecule has 0 unspecified atom stereocenters. The van der Waals surface area contributed by atoms with Crippen LogP contribution in [0.2, 0.25) is 0 Å². The van der Waals surface area contributed by atoms with Crippen molar-refractivity contribution in [2.45, 2.75) is 45.4 Å². The maximum atomic E-state index is 11.7. The third kappa shape index (κ3) is 4.35. The van der Waals surface area contributed by atoms with Gasteiger partial charge in [0.15, 0.2) is 0 Å². The first kappa shape index (κ1) is 13.2. The normalized spacial score (nSPS) is 17.4. The fourth-order valence-electron chi connectivity index (χ4n) is 1.75. The van der Waals surface area contributed by atoms with E-state index in [0.29, 0.717) is 18.4 Å². The number of amides is 1. The van der Waals surface area contributed by atoms with E-state index in [9.17, 15) is 13.2 Å². The highest BCUT2D eigenvalue weighted by Gasteiger charge is 2.17. The average molecular weight is 245 g/mol. The Bertz CT molecular complexity index is 371. The van der Waals surface area contributed by atoms with Gasteiger partial charge in [-0.15, -0.1) is 0 Å². The van der Waals surface area contributed by atoms with E-state index in [1.807, 2.05) is 6.08 Å². The number of allylic oxidation sites excluding steroid dienone is 1. The van der Waals surface area contributed by atoms with Crippen LogP contribution in [-0.4, -0.2) is 20.1 Å². The van der Waals surface area contributed by atoms with Gasteiger partial charge in [-0.1, -0.05) is 19.4 Å². The third-order valence-corrected chi connectivity index (χ3v) is 4.00. The van der Waals surface area contributed by atoms with Crippen LogP contribution in [-0.2, 0) is 14.8 Å². The van der Waals surface area contributed by atoms with Crippen molar-refractivity contribution in [2.24, 2.45) is 0 Å². The fraction of sp³-hybridized carbons (Fsp3) is 0.727. The second-order valence-electron chi connectivity index (χ2n) is 4.08. The zero-order valence-electron chi connectivity index (χ0n) is 9.66. The van der Waals surface area contributed by atoms with Gasteiger partial charge in [-0.25, -0.2) is 13.1 Å². The van der Waals surface area contributed by atoms with E-state index in [1.165, 1.54) is 0 Å². The van der Waals surface area contributed by atoms with E-state index < -0.39 is 15.9 Å². The van der Waals surface area contributed by atoms with Gasteiger partial charge in [0.05, 0.1) is 5.75 Å². The summed E-state index contributed by atoms with van der Waals surface area (Å²) < 4.78 is 24.9. The summed E-state index contributed by atoms with van der Waals surface area (Å²) in [5, 5.41) is 0. The van der Waals surface area contributed by atoms with Crippen LogP contribution in [0, 0.1) is 0 Å². The van der Waals surface area contributed by atoms with Crippen LogP contribution in [0.3, 0.4) is 0 Å². The molecule has 4 nitrogen and oxygen atoms in total. The van der Waals surface area contributed by atoms with Gasteiger partial charge in [-0.2, -0.15) is 0 Å². The minimum absolute atomic E-state index is 0.00597. The monoisotopic (exact) mass is 245 g/mol. The van der Waals surface area contributed by atoms with Crippen LogP contribution in [0.25, 0.3) is 0 Å². The van der Waals surface area contributed by atoms with Gasteiger partial charge in [0, 0.05) is 5.57 Å². The Labute approximate surface area is 97.2 Å². The molecule has 0 bridgehead atoms. The quantitative estimate of drug-likeness (QED) is 0.820. The Morgan fingerprint density at radius 1 is 1.38 bits per heavy atom. The largest absolute Gasteiger partial charge is 0.269 e. The van der Waals surface area contributed by atoms with Crippen molar-refractivity contribution in [3.8, 4) is 0 Å². The summed E-state index contributed by atoms with van der Waals surface area (Å²) in [6, 6.07) is 0. The third-order valence-electron chi connectivity index (χ3n) is 2.55. The molecule has 92 valence electrons. The molecule has 1 aliphatic carbocycles. The lowest BCUT2D eigenvalue weighted by Crippen LogP contribution is -2.33. The Hall–Kier alpha value is -0.840. The first-order valence-electron chi connectivity index (χ1n) is 5.79. The van der Waals surface area contributed by atoms with Crippen molar-refractivity contribution in [1.82, 2.24) is 4.72 Å². The highest BCUT2D eigenvalue weighted by atomic mass is 32.2. The summed E-state index contributed by atoms with van der Waals surface area (Å²) in [7, 11) is -3.43. The number of hydrogen-bond acceptors (Lipinski definition) is 3. The molecule has 5 heteroatoms. The Morgan fingerprint density at radius 3 is 2.81 bits per heavy atom. The maximum absolute atomic E-state index is 11.7. The highest BCUT2D eigenvalue weighted by Crippen LogP contribution is 2.17. The van der Waals surface area contributed by atoms with Gasteiger partial charge in [0.2, 0.25) is 10.0 Å². The van der Waals surface area contributed by atoms with Crippen molar-refractivity contribution in [1.29, 1.82) is 0 Å². The van der Waals surface area contributed by atoms with Crippen LogP contribution in [0.1, 0.15) is 45.4 Å². The summed E-state index contributed by atoms with van der Waals surface area (Å²) in [5.74, 6) is -0.429. The molecule has 1 aliphatic rings. The molecule has 0 aromatic rings.